The van der Waals surface area contributed by atoms with E-state index in [1.807, 2.05) is 0 Å². The van der Waals surface area contributed by atoms with Gasteiger partial charge in [-0.05, 0) is 42.5 Å². The molecular weight excluding hydrogens is 571 g/mol. The molecule has 0 aliphatic carbocycles. The minimum atomic E-state index is -4.75. The quantitative estimate of drug-likeness (QED) is 0.189. The zero-order valence-electron chi connectivity index (χ0n) is 20.4. The third-order valence-electron chi connectivity index (χ3n) is 5.79. The third-order valence-corrected chi connectivity index (χ3v) is 6.12. The fourth-order valence-electron chi connectivity index (χ4n) is 3.92. The van der Waals surface area contributed by atoms with E-state index >= 15 is 0 Å². The second-order valence-electron chi connectivity index (χ2n) is 8.54. The number of anilines is 3. The van der Waals surface area contributed by atoms with Crippen molar-refractivity contribution in [2.24, 2.45) is 0 Å². The van der Waals surface area contributed by atoms with E-state index in [0.29, 0.717) is 29.1 Å². The predicted octanol–water partition coefficient (Wildman–Crippen LogP) is 7.24. The lowest BCUT2D eigenvalue weighted by atomic mass is 10.1. The van der Waals surface area contributed by atoms with E-state index in [9.17, 15) is 31.5 Å². The number of nitrogens with one attached hydrogen (secondary N) is 3. The summed E-state index contributed by atoms with van der Waals surface area (Å²) >= 11 is 5.64. The molecule has 41 heavy (non-hydrogen) atoms. The van der Waals surface area contributed by atoms with Crippen molar-refractivity contribution in [3.8, 4) is 11.3 Å². The molecule has 5 rings (SSSR count). The summed E-state index contributed by atoms with van der Waals surface area (Å²) in [6.45, 7) is 0. The van der Waals surface area contributed by atoms with Crippen molar-refractivity contribution < 1.29 is 31.5 Å². The van der Waals surface area contributed by atoms with Crippen molar-refractivity contribution in [1.82, 2.24) is 14.4 Å². The van der Waals surface area contributed by atoms with Crippen molar-refractivity contribution in [1.29, 1.82) is 0 Å². The molecule has 0 radical (unpaired) electrons. The molecule has 3 N–H and O–H groups in total. The Morgan fingerprint density at radius 1 is 0.902 bits per heavy atom. The molecule has 3 amide bonds. The maximum atomic E-state index is 13.9. The Labute approximate surface area is 232 Å². The molecule has 0 aliphatic heterocycles. The lowest BCUT2D eigenvalue weighted by molar-refractivity contribution is -0.137. The van der Waals surface area contributed by atoms with Gasteiger partial charge in [-0.15, -0.1) is 0 Å². The Hall–Kier alpha value is -5.04. The van der Waals surface area contributed by atoms with E-state index in [1.54, 1.807) is 34.9 Å². The second kappa shape index (κ2) is 10.8. The first-order chi connectivity index (χ1) is 19.5. The molecule has 208 valence electrons. The Balaban J connectivity index is 1.37. The van der Waals surface area contributed by atoms with Crippen LogP contribution in [0.3, 0.4) is 0 Å². The van der Waals surface area contributed by atoms with Crippen LogP contribution in [0.15, 0.2) is 79.3 Å². The van der Waals surface area contributed by atoms with E-state index in [1.165, 1.54) is 12.4 Å². The highest BCUT2D eigenvalue weighted by atomic mass is 35.5. The standard InChI is InChI=1S/C27H16ClF5N6O2/c28-19-6-4-15(11-18(19)27(31,32)33)25(40)38-23-24-35-13-22(39(24)9-8-34-23)14-2-1-3-17(10-14)36-26(41)37-21-7-5-16(29)12-20(21)30/h1-13H,(H,34,38,40)(H2,36,37,41). The Kier molecular flexibility index (Phi) is 7.28. The number of nitrogens with zero attached hydrogens (tertiary/aromatic N) is 3. The summed E-state index contributed by atoms with van der Waals surface area (Å²) < 4.78 is 68.2. The van der Waals surface area contributed by atoms with Gasteiger partial charge in [0.05, 0.1) is 28.2 Å². The fourth-order valence-corrected chi connectivity index (χ4v) is 4.14. The van der Waals surface area contributed by atoms with E-state index < -0.39 is 40.3 Å². The van der Waals surface area contributed by atoms with Gasteiger partial charge in [0.1, 0.15) is 11.6 Å². The van der Waals surface area contributed by atoms with Crippen LogP contribution in [0.2, 0.25) is 5.02 Å². The number of carbonyl (C=O) groups excluding carboxylic acids is 2. The zero-order valence-corrected chi connectivity index (χ0v) is 21.2. The molecule has 0 fully saturated rings. The van der Waals surface area contributed by atoms with Crippen LogP contribution >= 0.6 is 11.6 Å². The van der Waals surface area contributed by atoms with Gasteiger partial charge in [-0.3, -0.25) is 9.20 Å². The number of rotatable bonds is 5. The lowest BCUT2D eigenvalue weighted by Gasteiger charge is -2.11. The van der Waals surface area contributed by atoms with Crippen LogP contribution in [0.5, 0.6) is 0 Å². The molecule has 8 nitrogen and oxygen atoms in total. The monoisotopic (exact) mass is 586 g/mol. The Morgan fingerprint density at radius 2 is 1.71 bits per heavy atom. The normalized spacial score (nSPS) is 11.4. The summed E-state index contributed by atoms with van der Waals surface area (Å²) in [7, 11) is 0. The number of alkyl halides is 3. The molecular formula is C27H16ClF5N6O2. The van der Waals surface area contributed by atoms with Crippen LogP contribution in [0.4, 0.5) is 43.9 Å². The minimum absolute atomic E-state index is 0.0118. The number of fused-ring (bicyclic) bond motifs is 1. The van der Waals surface area contributed by atoms with Crippen LogP contribution in [0, 0.1) is 11.6 Å². The summed E-state index contributed by atoms with van der Waals surface area (Å²) in [6.07, 6.45) is -0.348. The highest BCUT2D eigenvalue weighted by Gasteiger charge is 2.34. The molecule has 14 heteroatoms. The zero-order chi connectivity index (χ0) is 29.3. The maximum absolute atomic E-state index is 13.9. The van der Waals surface area contributed by atoms with E-state index in [2.05, 4.69) is 25.9 Å². The first-order valence-corrected chi connectivity index (χ1v) is 12.0. The van der Waals surface area contributed by atoms with Crippen LogP contribution in [0.1, 0.15) is 15.9 Å². The molecule has 0 saturated carbocycles. The fraction of sp³-hybridized carbons (Fsp3) is 0.0370. The van der Waals surface area contributed by atoms with Gasteiger partial charge in [0, 0.05) is 35.3 Å². The summed E-state index contributed by atoms with van der Waals surface area (Å²) in [6, 6.07) is 11.3. The summed E-state index contributed by atoms with van der Waals surface area (Å²) in [5.74, 6) is -2.59. The van der Waals surface area contributed by atoms with Crippen molar-refractivity contribution in [2.75, 3.05) is 16.0 Å². The van der Waals surface area contributed by atoms with Crippen molar-refractivity contribution >= 4 is 46.4 Å². The molecule has 0 spiro atoms. The van der Waals surface area contributed by atoms with Gasteiger partial charge in [0.15, 0.2) is 11.5 Å². The smallest absolute Gasteiger partial charge is 0.308 e. The lowest BCUT2D eigenvalue weighted by Crippen LogP contribution is -2.20. The largest absolute Gasteiger partial charge is 0.417 e. The summed E-state index contributed by atoms with van der Waals surface area (Å²) in [5, 5.41) is 6.79. The van der Waals surface area contributed by atoms with E-state index in [0.717, 1.165) is 24.3 Å². The van der Waals surface area contributed by atoms with E-state index in [4.69, 9.17) is 11.6 Å². The topological polar surface area (TPSA) is 100 Å². The number of aromatic nitrogens is 3. The number of benzene rings is 3. The number of halogens is 6. The number of hydrogen-bond acceptors (Lipinski definition) is 4. The van der Waals surface area contributed by atoms with Gasteiger partial charge in [-0.2, -0.15) is 13.2 Å². The van der Waals surface area contributed by atoms with Crippen molar-refractivity contribution in [3.63, 3.8) is 0 Å². The molecule has 0 aliphatic rings. The molecule has 0 unspecified atom stereocenters. The van der Waals surface area contributed by atoms with E-state index in [-0.39, 0.29) is 22.7 Å². The van der Waals surface area contributed by atoms with Crippen LogP contribution < -0.4 is 16.0 Å². The predicted molar refractivity (Wildman–Crippen MR) is 142 cm³/mol. The molecule has 0 atom stereocenters. The molecule has 2 aromatic heterocycles. The van der Waals surface area contributed by atoms with Gasteiger partial charge >= 0.3 is 12.2 Å². The van der Waals surface area contributed by atoms with Gasteiger partial charge < -0.3 is 16.0 Å². The summed E-state index contributed by atoms with van der Waals surface area (Å²) in [4.78, 5) is 33.5. The van der Waals surface area contributed by atoms with Crippen LogP contribution in [-0.4, -0.2) is 26.3 Å². The molecule has 5 aromatic rings. The highest BCUT2D eigenvalue weighted by Crippen LogP contribution is 2.35. The first kappa shape index (κ1) is 27.5. The van der Waals surface area contributed by atoms with Crippen molar-refractivity contribution in [3.05, 3.63) is 107 Å². The number of imidazole rings is 1. The summed E-state index contributed by atoms with van der Waals surface area (Å²) in [5.41, 5.74) is 0.00160. The average molecular weight is 587 g/mol. The van der Waals surface area contributed by atoms with Gasteiger partial charge in [-0.25, -0.2) is 23.5 Å². The first-order valence-electron chi connectivity index (χ1n) is 11.6. The van der Waals surface area contributed by atoms with Gasteiger partial charge in [0.2, 0.25) is 0 Å². The van der Waals surface area contributed by atoms with Gasteiger partial charge in [-0.1, -0.05) is 23.7 Å². The maximum Gasteiger partial charge on any atom is 0.417 e. The minimum Gasteiger partial charge on any atom is -0.308 e. The number of urea groups is 1. The molecule has 0 bridgehead atoms. The van der Waals surface area contributed by atoms with Crippen LogP contribution in [0.25, 0.3) is 16.9 Å². The van der Waals surface area contributed by atoms with Gasteiger partial charge in [0.25, 0.3) is 5.91 Å². The Bertz CT molecular complexity index is 1810. The number of amides is 3. The van der Waals surface area contributed by atoms with Crippen molar-refractivity contribution in [2.45, 2.75) is 6.18 Å². The molecule has 2 heterocycles. The number of hydrogen-bond donors (Lipinski definition) is 3. The SMILES string of the molecule is O=C(Nc1cccc(-c2cnc3c(NC(=O)c4ccc(Cl)c(C(F)(F)F)c4)nccn23)c1)Nc1ccc(F)cc1F. The van der Waals surface area contributed by atoms with Crippen LogP contribution in [-0.2, 0) is 6.18 Å². The molecule has 3 aromatic carbocycles. The average Bonchev–Trinajstić information content (AvgIpc) is 3.35. The third kappa shape index (κ3) is 5.94. The number of carbonyl (C=O) groups is 2. The molecule has 0 saturated heterocycles. The highest BCUT2D eigenvalue weighted by molar-refractivity contribution is 6.31. The Morgan fingerprint density at radius 3 is 2.46 bits per heavy atom. The second-order valence-corrected chi connectivity index (χ2v) is 8.95.